The van der Waals surface area contributed by atoms with E-state index in [9.17, 15) is 8.42 Å². The molecule has 1 rings (SSSR count). The molecule has 0 heterocycles. The minimum Gasteiger partial charge on any atom is -0.228 e. The molecular formula is C11H17NO2S. The van der Waals surface area contributed by atoms with Crippen molar-refractivity contribution in [3.63, 3.8) is 0 Å². The molecule has 3 nitrogen and oxygen atoms in total. The number of nitrogens with two attached hydrogens (primary N) is 1. The van der Waals surface area contributed by atoms with Crippen LogP contribution >= 0.6 is 0 Å². The van der Waals surface area contributed by atoms with Crippen LogP contribution in [0, 0.1) is 0 Å². The van der Waals surface area contributed by atoms with Crippen molar-refractivity contribution in [3.05, 3.63) is 35.4 Å². The predicted molar refractivity (Wildman–Crippen MR) is 62.0 cm³/mol. The molecule has 0 aliphatic heterocycles. The highest BCUT2D eigenvalue weighted by molar-refractivity contribution is 7.88. The van der Waals surface area contributed by atoms with Crippen molar-refractivity contribution in [1.29, 1.82) is 0 Å². The van der Waals surface area contributed by atoms with Crippen molar-refractivity contribution in [3.8, 4) is 0 Å². The van der Waals surface area contributed by atoms with E-state index in [0.717, 1.165) is 11.1 Å². The third kappa shape index (κ3) is 4.01. The second-order valence-corrected chi connectivity index (χ2v) is 6.37. The molecule has 0 saturated heterocycles. The molecule has 0 atom stereocenters. The molecule has 2 N–H and O–H groups in total. The molecule has 0 aromatic heterocycles. The van der Waals surface area contributed by atoms with Gasteiger partial charge in [-0.05, 0) is 16.5 Å². The molecule has 84 valence electrons. The Balaban J connectivity index is 3.04. The van der Waals surface area contributed by atoms with Gasteiger partial charge in [-0.1, -0.05) is 45.0 Å². The van der Waals surface area contributed by atoms with Crippen LogP contribution in [0.4, 0.5) is 0 Å². The molecule has 0 aliphatic rings. The maximum absolute atomic E-state index is 10.9. The average molecular weight is 227 g/mol. The van der Waals surface area contributed by atoms with Crippen LogP contribution in [0.3, 0.4) is 0 Å². The minimum atomic E-state index is -3.44. The predicted octanol–water partition coefficient (Wildman–Crippen LogP) is 1.77. The van der Waals surface area contributed by atoms with Crippen molar-refractivity contribution in [1.82, 2.24) is 0 Å². The first-order valence-corrected chi connectivity index (χ1v) is 6.50. The third-order valence-corrected chi connectivity index (χ3v) is 2.90. The summed E-state index contributed by atoms with van der Waals surface area (Å²) in [5.74, 6) is -0.100. The van der Waals surface area contributed by atoms with E-state index >= 15 is 0 Å². The smallest absolute Gasteiger partial charge is 0.213 e. The van der Waals surface area contributed by atoms with E-state index in [4.69, 9.17) is 5.14 Å². The SMILES string of the molecule is CC(C)(C)c1cccc(CS(N)(=O)=O)c1. The second-order valence-electron chi connectivity index (χ2n) is 4.76. The molecule has 1 aromatic rings. The first-order valence-electron chi connectivity index (χ1n) is 4.78. The summed E-state index contributed by atoms with van der Waals surface area (Å²) >= 11 is 0. The lowest BCUT2D eigenvalue weighted by Crippen LogP contribution is -2.16. The lowest BCUT2D eigenvalue weighted by atomic mass is 9.86. The van der Waals surface area contributed by atoms with E-state index in [1.54, 1.807) is 6.07 Å². The zero-order valence-electron chi connectivity index (χ0n) is 9.32. The van der Waals surface area contributed by atoms with E-state index in [-0.39, 0.29) is 11.2 Å². The van der Waals surface area contributed by atoms with Crippen LogP contribution < -0.4 is 5.14 Å². The van der Waals surface area contributed by atoms with Gasteiger partial charge >= 0.3 is 0 Å². The van der Waals surface area contributed by atoms with Gasteiger partial charge in [0.2, 0.25) is 10.0 Å². The topological polar surface area (TPSA) is 60.2 Å². The highest BCUT2D eigenvalue weighted by Gasteiger charge is 2.14. The molecule has 0 fully saturated rings. The molecular weight excluding hydrogens is 210 g/mol. The number of hydrogen-bond acceptors (Lipinski definition) is 2. The van der Waals surface area contributed by atoms with Gasteiger partial charge < -0.3 is 0 Å². The molecule has 0 unspecified atom stereocenters. The Kier molecular flexibility index (Phi) is 3.21. The first kappa shape index (κ1) is 12.2. The summed E-state index contributed by atoms with van der Waals surface area (Å²) < 4.78 is 21.9. The van der Waals surface area contributed by atoms with Crippen LogP contribution in [-0.4, -0.2) is 8.42 Å². The van der Waals surface area contributed by atoms with Crippen LogP contribution in [0.2, 0.25) is 0 Å². The van der Waals surface area contributed by atoms with Crippen LogP contribution in [-0.2, 0) is 21.2 Å². The maximum Gasteiger partial charge on any atom is 0.213 e. The molecule has 1 aromatic carbocycles. The van der Waals surface area contributed by atoms with Crippen molar-refractivity contribution in [2.75, 3.05) is 0 Å². The van der Waals surface area contributed by atoms with Gasteiger partial charge in [-0.15, -0.1) is 0 Å². The Morgan fingerprint density at radius 3 is 2.33 bits per heavy atom. The van der Waals surface area contributed by atoms with Crippen molar-refractivity contribution >= 4 is 10.0 Å². The molecule has 0 saturated carbocycles. The Hall–Kier alpha value is -0.870. The summed E-state index contributed by atoms with van der Waals surface area (Å²) in [7, 11) is -3.44. The normalized spacial score (nSPS) is 12.8. The van der Waals surface area contributed by atoms with Gasteiger partial charge in [0.25, 0.3) is 0 Å². The maximum atomic E-state index is 10.9. The zero-order valence-corrected chi connectivity index (χ0v) is 10.1. The van der Waals surface area contributed by atoms with Crippen molar-refractivity contribution in [2.45, 2.75) is 31.9 Å². The van der Waals surface area contributed by atoms with Gasteiger partial charge in [0.1, 0.15) is 0 Å². The fourth-order valence-electron chi connectivity index (χ4n) is 1.36. The van der Waals surface area contributed by atoms with E-state index in [1.807, 2.05) is 18.2 Å². The van der Waals surface area contributed by atoms with Crippen LogP contribution in [0.15, 0.2) is 24.3 Å². The molecule has 0 amide bonds. The fourth-order valence-corrected chi connectivity index (χ4v) is 2.00. The summed E-state index contributed by atoms with van der Waals surface area (Å²) in [5.41, 5.74) is 1.88. The molecule has 15 heavy (non-hydrogen) atoms. The molecule has 0 bridgehead atoms. The molecule has 0 aliphatic carbocycles. The van der Waals surface area contributed by atoms with Gasteiger partial charge in [0, 0.05) is 0 Å². The lowest BCUT2D eigenvalue weighted by Gasteiger charge is -2.19. The second kappa shape index (κ2) is 3.94. The Bertz CT molecular complexity index is 444. The van der Waals surface area contributed by atoms with Crippen LogP contribution in [0.5, 0.6) is 0 Å². The summed E-state index contributed by atoms with van der Waals surface area (Å²) in [6.07, 6.45) is 0. The first-order chi connectivity index (χ1) is 6.68. The minimum absolute atomic E-state index is 0.0222. The van der Waals surface area contributed by atoms with Crippen LogP contribution in [0.25, 0.3) is 0 Å². The molecule has 0 spiro atoms. The number of hydrogen-bond donors (Lipinski definition) is 1. The molecule has 0 radical (unpaired) electrons. The van der Waals surface area contributed by atoms with Gasteiger partial charge in [0.05, 0.1) is 5.75 Å². The fraction of sp³-hybridized carbons (Fsp3) is 0.455. The van der Waals surface area contributed by atoms with Crippen LogP contribution in [0.1, 0.15) is 31.9 Å². The van der Waals surface area contributed by atoms with Crippen molar-refractivity contribution < 1.29 is 8.42 Å². The zero-order chi connectivity index (χ0) is 11.7. The quantitative estimate of drug-likeness (QED) is 0.837. The number of benzene rings is 1. The highest BCUT2D eigenvalue weighted by Crippen LogP contribution is 2.23. The Morgan fingerprint density at radius 2 is 1.87 bits per heavy atom. The van der Waals surface area contributed by atoms with Gasteiger partial charge in [-0.25, -0.2) is 13.6 Å². The summed E-state index contributed by atoms with van der Waals surface area (Å²) in [4.78, 5) is 0. The summed E-state index contributed by atoms with van der Waals surface area (Å²) in [6.45, 7) is 6.26. The average Bonchev–Trinajstić information content (AvgIpc) is 1.99. The summed E-state index contributed by atoms with van der Waals surface area (Å²) in [6, 6.07) is 7.53. The number of sulfonamides is 1. The van der Waals surface area contributed by atoms with E-state index < -0.39 is 10.0 Å². The summed E-state index contributed by atoms with van der Waals surface area (Å²) in [5, 5.41) is 5.00. The van der Waals surface area contributed by atoms with E-state index in [0.29, 0.717) is 0 Å². The van der Waals surface area contributed by atoms with E-state index in [2.05, 4.69) is 20.8 Å². The third-order valence-electron chi connectivity index (χ3n) is 2.16. The number of primary sulfonamides is 1. The Labute approximate surface area is 91.4 Å². The van der Waals surface area contributed by atoms with E-state index in [1.165, 1.54) is 0 Å². The van der Waals surface area contributed by atoms with Gasteiger partial charge in [-0.3, -0.25) is 0 Å². The monoisotopic (exact) mass is 227 g/mol. The number of rotatable bonds is 2. The Morgan fingerprint density at radius 1 is 1.27 bits per heavy atom. The largest absolute Gasteiger partial charge is 0.228 e. The lowest BCUT2D eigenvalue weighted by molar-refractivity contribution is 0.587. The van der Waals surface area contributed by atoms with Gasteiger partial charge in [0.15, 0.2) is 0 Å². The standard InChI is InChI=1S/C11H17NO2S/c1-11(2,3)10-6-4-5-9(7-10)8-15(12,13)14/h4-7H,8H2,1-3H3,(H2,12,13,14). The molecule has 4 heteroatoms. The van der Waals surface area contributed by atoms with Gasteiger partial charge in [-0.2, -0.15) is 0 Å². The highest BCUT2D eigenvalue weighted by atomic mass is 32.2. The van der Waals surface area contributed by atoms with Crippen molar-refractivity contribution in [2.24, 2.45) is 5.14 Å².